The first kappa shape index (κ1) is 22.5. The molecule has 0 aromatic heterocycles. The Bertz CT molecular complexity index is 1030. The van der Waals surface area contributed by atoms with Gasteiger partial charge in [0.1, 0.15) is 10.4 Å². The molecule has 2 aromatic rings. The molecule has 0 saturated carbocycles. The van der Waals surface area contributed by atoms with E-state index in [1.165, 1.54) is 4.90 Å². The van der Waals surface area contributed by atoms with Crippen LogP contribution in [0.1, 0.15) is 31.4 Å². The highest BCUT2D eigenvalue weighted by atomic mass is 35.5. The smallest absolute Gasteiger partial charge is 0.326 e. The van der Waals surface area contributed by atoms with Crippen LogP contribution in [-0.2, 0) is 9.59 Å². The van der Waals surface area contributed by atoms with Gasteiger partial charge in [0.25, 0.3) is 5.91 Å². The fraction of sp³-hybridized carbons (Fsp3) is 0.261. The normalized spacial score (nSPS) is 16.6. The molecule has 1 fully saturated rings. The molecule has 4 nitrogen and oxygen atoms in total. The second-order valence-corrected chi connectivity index (χ2v) is 9.70. The standard InChI is InChI=1S/C23H22ClNO3S2/c1-13(2)10-19(22(27)28)25-21(26)20(30-23(25)29)11-15-5-8-16(9-6-15)17-7-4-14(3)18(24)12-17/h4-9,11-13,19H,10H2,1-3H3,(H,27,28)/b20-11-/t19-/m0/s1. The zero-order valence-electron chi connectivity index (χ0n) is 16.9. The predicted octanol–water partition coefficient (Wildman–Crippen LogP) is 6.02. The van der Waals surface area contributed by atoms with E-state index in [4.69, 9.17) is 23.8 Å². The van der Waals surface area contributed by atoms with Crippen LogP contribution in [0.3, 0.4) is 0 Å². The van der Waals surface area contributed by atoms with Crippen LogP contribution in [0, 0.1) is 12.8 Å². The lowest BCUT2D eigenvalue weighted by molar-refractivity contribution is -0.145. The summed E-state index contributed by atoms with van der Waals surface area (Å²) < 4.78 is 0.283. The molecule has 0 unspecified atom stereocenters. The van der Waals surface area contributed by atoms with E-state index in [-0.39, 0.29) is 16.1 Å². The Hall–Kier alpha value is -2.15. The van der Waals surface area contributed by atoms with Crippen molar-refractivity contribution in [1.29, 1.82) is 0 Å². The topological polar surface area (TPSA) is 57.6 Å². The third-order valence-electron chi connectivity index (χ3n) is 4.83. The van der Waals surface area contributed by atoms with Crippen LogP contribution >= 0.6 is 35.6 Å². The second kappa shape index (κ2) is 9.33. The number of carbonyl (C=O) groups excluding carboxylic acids is 1. The van der Waals surface area contributed by atoms with E-state index in [0.29, 0.717) is 11.3 Å². The van der Waals surface area contributed by atoms with Gasteiger partial charge in [-0.15, -0.1) is 0 Å². The number of amides is 1. The predicted molar refractivity (Wildman–Crippen MR) is 128 cm³/mol. The van der Waals surface area contributed by atoms with Crippen molar-refractivity contribution in [3.63, 3.8) is 0 Å². The van der Waals surface area contributed by atoms with Gasteiger partial charge in [0.2, 0.25) is 0 Å². The van der Waals surface area contributed by atoms with Crippen molar-refractivity contribution in [3.05, 3.63) is 63.5 Å². The number of thiocarbonyl (C=S) groups is 1. The van der Waals surface area contributed by atoms with Gasteiger partial charge in [-0.2, -0.15) is 0 Å². The zero-order chi connectivity index (χ0) is 22.0. The molecule has 1 amide bonds. The summed E-state index contributed by atoms with van der Waals surface area (Å²) in [6.07, 6.45) is 2.10. The second-order valence-electron chi connectivity index (χ2n) is 7.62. The molecule has 0 bridgehead atoms. The Labute approximate surface area is 190 Å². The molecule has 1 heterocycles. The molecular weight excluding hydrogens is 438 g/mol. The summed E-state index contributed by atoms with van der Waals surface area (Å²) in [4.78, 5) is 26.2. The van der Waals surface area contributed by atoms with Crippen molar-refractivity contribution < 1.29 is 14.7 Å². The minimum atomic E-state index is -1.04. The highest BCUT2D eigenvalue weighted by Gasteiger charge is 2.40. The van der Waals surface area contributed by atoms with Crippen molar-refractivity contribution in [2.75, 3.05) is 0 Å². The maximum absolute atomic E-state index is 12.9. The van der Waals surface area contributed by atoms with Crippen LogP contribution in [0.4, 0.5) is 0 Å². The molecule has 0 radical (unpaired) electrons. The van der Waals surface area contributed by atoms with E-state index in [2.05, 4.69) is 0 Å². The number of hydrogen-bond donors (Lipinski definition) is 1. The van der Waals surface area contributed by atoms with Gasteiger partial charge in [0, 0.05) is 5.02 Å². The Morgan fingerprint density at radius 1 is 1.20 bits per heavy atom. The molecule has 0 aliphatic carbocycles. The molecule has 156 valence electrons. The number of thioether (sulfide) groups is 1. The van der Waals surface area contributed by atoms with Gasteiger partial charge in [-0.25, -0.2) is 4.79 Å². The van der Waals surface area contributed by atoms with Crippen LogP contribution < -0.4 is 0 Å². The van der Waals surface area contributed by atoms with Crippen molar-refractivity contribution in [3.8, 4) is 11.1 Å². The van der Waals surface area contributed by atoms with Crippen LogP contribution in [0.15, 0.2) is 47.4 Å². The molecule has 3 rings (SSSR count). The van der Waals surface area contributed by atoms with Crippen LogP contribution in [0.25, 0.3) is 17.2 Å². The van der Waals surface area contributed by atoms with E-state index < -0.39 is 12.0 Å². The number of nitrogens with zero attached hydrogens (tertiary/aromatic N) is 1. The van der Waals surface area contributed by atoms with Crippen molar-refractivity contribution in [2.24, 2.45) is 5.92 Å². The number of aliphatic carboxylic acids is 1. The number of carbonyl (C=O) groups is 2. The summed E-state index contributed by atoms with van der Waals surface area (Å²) in [5.41, 5.74) is 3.90. The number of aryl methyl sites for hydroxylation is 1. The van der Waals surface area contributed by atoms with Gasteiger partial charge in [-0.1, -0.05) is 85.8 Å². The molecule has 7 heteroatoms. The molecule has 30 heavy (non-hydrogen) atoms. The van der Waals surface area contributed by atoms with Gasteiger partial charge in [-0.3, -0.25) is 9.69 Å². The molecule has 1 saturated heterocycles. The van der Waals surface area contributed by atoms with Gasteiger partial charge < -0.3 is 5.11 Å². The molecular formula is C23H22ClNO3S2. The highest BCUT2D eigenvalue weighted by molar-refractivity contribution is 8.26. The summed E-state index contributed by atoms with van der Waals surface area (Å²) >= 11 is 12.7. The van der Waals surface area contributed by atoms with Crippen molar-refractivity contribution in [2.45, 2.75) is 33.2 Å². The number of rotatable bonds is 6. The molecule has 1 aliphatic rings. The summed E-state index contributed by atoms with van der Waals surface area (Å²) in [6.45, 7) is 5.81. The fourth-order valence-electron chi connectivity index (χ4n) is 3.21. The summed E-state index contributed by atoms with van der Waals surface area (Å²) in [5, 5.41) is 10.3. The number of carboxylic acids is 1. The minimum absolute atomic E-state index is 0.127. The van der Waals surface area contributed by atoms with Crippen molar-refractivity contribution in [1.82, 2.24) is 4.90 Å². The maximum Gasteiger partial charge on any atom is 0.326 e. The van der Waals surface area contributed by atoms with Crippen LogP contribution in [-0.4, -0.2) is 32.2 Å². The van der Waals surface area contributed by atoms with Gasteiger partial charge in [0.15, 0.2) is 0 Å². The zero-order valence-corrected chi connectivity index (χ0v) is 19.3. The minimum Gasteiger partial charge on any atom is -0.480 e. The van der Waals surface area contributed by atoms with E-state index >= 15 is 0 Å². The van der Waals surface area contributed by atoms with Crippen molar-refractivity contribution >= 4 is 57.9 Å². The first-order chi connectivity index (χ1) is 14.2. The monoisotopic (exact) mass is 459 g/mol. The summed E-state index contributed by atoms with van der Waals surface area (Å²) in [7, 11) is 0. The Morgan fingerprint density at radius 2 is 1.83 bits per heavy atom. The van der Waals surface area contributed by atoms with E-state index in [1.54, 1.807) is 6.08 Å². The molecule has 1 atom stereocenters. The molecule has 2 aromatic carbocycles. The lowest BCUT2D eigenvalue weighted by Crippen LogP contribution is -2.44. The maximum atomic E-state index is 12.9. The van der Waals surface area contributed by atoms with E-state index in [9.17, 15) is 14.7 Å². The number of benzene rings is 2. The average molecular weight is 460 g/mol. The molecule has 1 aliphatic heterocycles. The highest BCUT2D eigenvalue weighted by Crippen LogP contribution is 2.35. The Balaban J connectivity index is 1.83. The van der Waals surface area contributed by atoms with Gasteiger partial charge in [-0.05, 0) is 53.7 Å². The summed E-state index contributed by atoms with van der Waals surface area (Å²) in [6, 6.07) is 12.7. The van der Waals surface area contributed by atoms with Crippen LogP contribution in [0.2, 0.25) is 5.02 Å². The number of halogens is 1. The SMILES string of the molecule is Cc1ccc(-c2ccc(/C=C3\SC(=S)N([C@@H](CC(C)C)C(=O)O)C3=O)cc2)cc1Cl. The quantitative estimate of drug-likeness (QED) is 0.423. The Kier molecular flexibility index (Phi) is 7.01. The third-order valence-corrected chi connectivity index (χ3v) is 6.57. The molecule has 0 spiro atoms. The van der Waals surface area contributed by atoms with Gasteiger partial charge in [0.05, 0.1) is 4.91 Å². The van der Waals surface area contributed by atoms with Crippen LogP contribution in [0.5, 0.6) is 0 Å². The fourth-order valence-corrected chi connectivity index (χ4v) is 4.74. The Morgan fingerprint density at radius 3 is 2.40 bits per heavy atom. The third kappa shape index (κ3) is 4.94. The van der Waals surface area contributed by atoms with E-state index in [1.807, 2.05) is 63.2 Å². The largest absolute Gasteiger partial charge is 0.480 e. The summed E-state index contributed by atoms with van der Waals surface area (Å²) in [5.74, 6) is -1.27. The molecule has 1 N–H and O–H groups in total. The number of carboxylic acid groups (broad SMARTS) is 1. The average Bonchev–Trinajstić information content (AvgIpc) is 2.95. The lowest BCUT2D eigenvalue weighted by Gasteiger charge is -2.24. The first-order valence-electron chi connectivity index (χ1n) is 9.54. The first-order valence-corrected chi connectivity index (χ1v) is 11.1. The van der Waals surface area contributed by atoms with Gasteiger partial charge >= 0.3 is 5.97 Å². The van der Waals surface area contributed by atoms with E-state index in [0.717, 1.165) is 39.0 Å². The lowest BCUT2D eigenvalue weighted by atomic mass is 10.0. The number of hydrogen-bond acceptors (Lipinski definition) is 4.